The van der Waals surface area contributed by atoms with Crippen molar-refractivity contribution in [1.82, 2.24) is 0 Å². The molecule has 21 heavy (non-hydrogen) atoms. The highest BCUT2D eigenvalue weighted by Crippen LogP contribution is 2.15. The number of methoxy groups -OCH3 is 1. The van der Waals surface area contributed by atoms with Crippen LogP contribution in [0, 0.1) is 11.6 Å². The second-order valence-corrected chi connectivity index (χ2v) is 5.25. The SMILES string of the molecule is COC(=O)C(N)CCSCC(=O)Nc1ccc(F)cc1F. The standard InChI is InChI=1S/C13H16F2N2O3S/c1-20-13(19)10(16)4-5-21-7-12(18)17-11-3-2-8(14)6-9(11)15/h2-3,6,10H,4-5,7,16H2,1H3,(H,17,18). The topological polar surface area (TPSA) is 81.4 Å². The summed E-state index contributed by atoms with van der Waals surface area (Å²) in [5, 5.41) is 2.34. The third kappa shape index (κ3) is 6.09. The van der Waals surface area contributed by atoms with Gasteiger partial charge in [0.1, 0.15) is 17.7 Å². The fraction of sp³-hybridized carbons (Fsp3) is 0.385. The first-order chi connectivity index (χ1) is 9.93. The van der Waals surface area contributed by atoms with Gasteiger partial charge >= 0.3 is 5.97 Å². The Morgan fingerprint density at radius 1 is 1.43 bits per heavy atom. The van der Waals surface area contributed by atoms with Gasteiger partial charge in [0.05, 0.1) is 18.6 Å². The first kappa shape index (κ1) is 17.4. The molecule has 1 atom stereocenters. The molecule has 0 aromatic heterocycles. The summed E-state index contributed by atoms with van der Waals surface area (Å²) in [6.45, 7) is 0. The first-order valence-electron chi connectivity index (χ1n) is 6.10. The second-order valence-electron chi connectivity index (χ2n) is 4.14. The summed E-state index contributed by atoms with van der Waals surface area (Å²) in [4.78, 5) is 22.6. The van der Waals surface area contributed by atoms with Crippen molar-refractivity contribution in [3.63, 3.8) is 0 Å². The highest BCUT2D eigenvalue weighted by molar-refractivity contribution is 7.99. The van der Waals surface area contributed by atoms with Gasteiger partial charge in [0.25, 0.3) is 0 Å². The van der Waals surface area contributed by atoms with Crippen LogP contribution in [0.15, 0.2) is 18.2 Å². The van der Waals surface area contributed by atoms with Crippen molar-refractivity contribution < 1.29 is 23.1 Å². The number of hydrogen-bond donors (Lipinski definition) is 2. The third-order valence-electron chi connectivity index (χ3n) is 2.52. The fourth-order valence-electron chi connectivity index (χ4n) is 1.42. The van der Waals surface area contributed by atoms with E-state index in [2.05, 4.69) is 10.1 Å². The number of carbonyl (C=O) groups is 2. The molecule has 0 bridgehead atoms. The van der Waals surface area contributed by atoms with Gasteiger partial charge in [-0.25, -0.2) is 8.78 Å². The molecule has 0 aliphatic rings. The number of thioether (sulfide) groups is 1. The van der Waals surface area contributed by atoms with Gasteiger partial charge in [0.15, 0.2) is 0 Å². The molecule has 1 amide bonds. The first-order valence-corrected chi connectivity index (χ1v) is 7.25. The Morgan fingerprint density at radius 2 is 2.14 bits per heavy atom. The predicted molar refractivity (Wildman–Crippen MR) is 76.9 cm³/mol. The van der Waals surface area contributed by atoms with Crippen LogP contribution in [-0.2, 0) is 14.3 Å². The number of anilines is 1. The zero-order valence-electron chi connectivity index (χ0n) is 11.4. The summed E-state index contributed by atoms with van der Waals surface area (Å²) in [6, 6.07) is 2.18. The van der Waals surface area contributed by atoms with Crippen molar-refractivity contribution in [1.29, 1.82) is 0 Å². The molecule has 0 saturated carbocycles. The average molecular weight is 318 g/mol. The molecular weight excluding hydrogens is 302 g/mol. The summed E-state index contributed by atoms with van der Waals surface area (Å²) >= 11 is 1.25. The molecule has 0 saturated heterocycles. The zero-order chi connectivity index (χ0) is 15.8. The van der Waals surface area contributed by atoms with Crippen molar-refractivity contribution in [2.24, 2.45) is 5.73 Å². The van der Waals surface area contributed by atoms with Crippen LogP contribution in [0.25, 0.3) is 0 Å². The molecule has 0 heterocycles. The van der Waals surface area contributed by atoms with Gasteiger partial charge in [-0.2, -0.15) is 11.8 Å². The van der Waals surface area contributed by atoms with Crippen LogP contribution in [0.4, 0.5) is 14.5 Å². The van der Waals surface area contributed by atoms with E-state index in [-0.39, 0.29) is 11.4 Å². The van der Waals surface area contributed by atoms with Crippen molar-refractivity contribution in [3.05, 3.63) is 29.8 Å². The van der Waals surface area contributed by atoms with Crippen molar-refractivity contribution >= 4 is 29.3 Å². The van der Waals surface area contributed by atoms with Gasteiger partial charge in [-0.05, 0) is 24.3 Å². The van der Waals surface area contributed by atoms with Crippen LogP contribution in [0.2, 0.25) is 0 Å². The lowest BCUT2D eigenvalue weighted by atomic mass is 10.2. The van der Waals surface area contributed by atoms with Crippen molar-refractivity contribution in [2.75, 3.05) is 23.9 Å². The van der Waals surface area contributed by atoms with E-state index in [9.17, 15) is 18.4 Å². The highest BCUT2D eigenvalue weighted by Gasteiger charge is 2.13. The lowest BCUT2D eigenvalue weighted by Crippen LogP contribution is -2.32. The van der Waals surface area contributed by atoms with E-state index >= 15 is 0 Å². The molecule has 1 unspecified atom stereocenters. The third-order valence-corrected chi connectivity index (χ3v) is 3.51. The van der Waals surface area contributed by atoms with E-state index in [0.29, 0.717) is 18.2 Å². The van der Waals surface area contributed by atoms with E-state index in [4.69, 9.17) is 5.73 Å². The quantitative estimate of drug-likeness (QED) is 0.588. The zero-order valence-corrected chi connectivity index (χ0v) is 12.2. The Kier molecular flexibility index (Phi) is 7.10. The second kappa shape index (κ2) is 8.58. The smallest absolute Gasteiger partial charge is 0.322 e. The molecule has 0 aliphatic carbocycles. The summed E-state index contributed by atoms with van der Waals surface area (Å²) in [6.07, 6.45) is 0.371. The molecule has 3 N–H and O–H groups in total. The van der Waals surface area contributed by atoms with Gasteiger partial charge in [-0.1, -0.05) is 0 Å². The van der Waals surface area contributed by atoms with E-state index in [1.54, 1.807) is 0 Å². The number of rotatable bonds is 7. The number of ether oxygens (including phenoxy) is 1. The van der Waals surface area contributed by atoms with E-state index in [0.717, 1.165) is 12.1 Å². The summed E-state index contributed by atoms with van der Waals surface area (Å²) in [5.41, 5.74) is 5.45. The number of amides is 1. The van der Waals surface area contributed by atoms with Crippen LogP contribution >= 0.6 is 11.8 Å². The average Bonchev–Trinajstić information content (AvgIpc) is 2.45. The van der Waals surface area contributed by atoms with Gasteiger partial charge < -0.3 is 15.8 Å². The van der Waals surface area contributed by atoms with Gasteiger partial charge in [0, 0.05) is 6.07 Å². The minimum Gasteiger partial charge on any atom is -0.468 e. The number of hydrogen-bond acceptors (Lipinski definition) is 5. The van der Waals surface area contributed by atoms with Crippen molar-refractivity contribution in [2.45, 2.75) is 12.5 Å². The van der Waals surface area contributed by atoms with Crippen LogP contribution < -0.4 is 11.1 Å². The number of halogens is 2. The molecule has 0 radical (unpaired) electrons. The molecule has 1 aromatic carbocycles. The number of carbonyl (C=O) groups excluding carboxylic acids is 2. The number of nitrogens with two attached hydrogens (primary N) is 1. The predicted octanol–water partition coefficient (Wildman–Crippen LogP) is 1.53. The molecule has 1 rings (SSSR count). The summed E-state index contributed by atoms with van der Waals surface area (Å²) < 4.78 is 30.5. The van der Waals surface area contributed by atoms with Crippen LogP contribution in [0.3, 0.4) is 0 Å². The van der Waals surface area contributed by atoms with Gasteiger partial charge in [-0.3, -0.25) is 9.59 Å². The minimum atomic E-state index is -0.832. The number of nitrogens with one attached hydrogen (secondary N) is 1. The maximum atomic E-state index is 13.3. The summed E-state index contributed by atoms with van der Waals surface area (Å²) in [5.74, 6) is -1.91. The Labute approximate surface area is 125 Å². The molecule has 1 aromatic rings. The molecule has 0 aliphatic heterocycles. The van der Waals surface area contributed by atoms with Crippen molar-refractivity contribution in [3.8, 4) is 0 Å². The highest BCUT2D eigenvalue weighted by atomic mass is 32.2. The Balaban J connectivity index is 2.30. The van der Waals surface area contributed by atoms with Crippen LogP contribution in [-0.4, -0.2) is 36.5 Å². The lowest BCUT2D eigenvalue weighted by Gasteiger charge is -2.09. The Morgan fingerprint density at radius 3 is 2.76 bits per heavy atom. The molecule has 0 spiro atoms. The fourth-order valence-corrected chi connectivity index (χ4v) is 2.24. The normalized spacial score (nSPS) is 11.8. The van der Waals surface area contributed by atoms with E-state index in [1.165, 1.54) is 18.9 Å². The monoisotopic (exact) mass is 318 g/mol. The molecule has 5 nitrogen and oxygen atoms in total. The molecule has 116 valence electrons. The van der Waals surface area contributed by atoms with Gasteiger partial charge in [0.2, 0.25) is 5.91 Å². The van der Waals surface area contributed by atoms with Crippen LogP contribution in [0.1, 0.15) is 6.42 Å². The number of esters is 1. The molecule has 8 heteroatoms. The van der Waals surface area contributed by atoms with Gasteiger partial charge in [-0.15, -0.1) is 0 Å². The Hall–Kier alpha value is -1.67. The molecule has 0 fully saturated rings. The maximum Gasteiger partial charge on any atom is 0.322 e. The molecular formula is C13H16F2N2O3S. The lowest BCUT2D eigenvalue weighted by molar-refractivity contribution is -0.142. The maximum absolute atomic E-state index is 13.3. The summed E-state index contributed by atoms with van der Waals surface area (Å²) in [7, 11) is 1.25. The number of benzene rings is 1. The van der Waals surface area contributed by atoms with Crippen LogP contribution in [0.5, 0.6) is 0 Å². The largest absolute Gasteiger partial charge is 0.468 e. The van der Waals surface area contributed by atoms with E-state index in [1.807, 2.05) is 0 Å². The van der Waals surface area contributed by atoms with E-state index < -0.39 is 29.6 Å². The Bertz CT molecular complexity index is 514. The minimum absolute atomic E-state index is 0.0741.